The van der Waals surface area contributed by atoms with E-state index in [0.29, 0.717) is 25.3 Å². The summed E-state index contributed by atoms with van der Waals surface area (Å²) in [5, 5.41) is 16.6. The topological polar surface area (TPSA) is 108 Å². The maximum Gasteiger partial charge on any atom is 0.273 e. The molecular formula is C17H21N9O. The van der Waals surface area contributed by atoms with Gasteiger partial charge in [-0.15, -0.1) is 10.2 Å². The van der Waals surface area contributed by atoms with Gasteiger partial charge < -0.3 is 4.90 Å². The van der Waals surface area contributed by atoms with E-state index in [2.05, 4.69) is 30.6 Å². The molecule has 1 amide bonds. The summed E-state index contributed by atoms with van der Waals surface area (Å²) < 4.78 is 3.66. The minimum Gasteiger partial charge on any atom is -0.331 e. The van der Waals surface area contributed by atoms with Crippen LogP contribution in [0.4, 0.5) is 0 Å². The molecule has 1 aliphatic heterocycles. The quantitative estimate of drug-likeness (QED) is 0.670. The second-order valence-electron chi connectivity index (χ2n) is 6.75. The first-order valence-corrected chi connectivity index (χ1v) is 8.88. The van der Waals surface area contributed by atoms with Crippen LogP contribution in [0.2, 0.25) is 0 Å². The number of aromatic nitrogens is 8. The molecule has 0 fully saturated rings. The lowest BCUT2D eigenvalue weighted by atomic mass is 10.1. The maximum atomic E-state index is 13.1. The zero-order valence-corrected chi connectivity index (χ0v) is 15.6. The van der Waals surface area contributed by atoms with Gasteiger partial charge in [-0.3, -0.25) is 4.79 Å². The molecule has 0 aliphatic carbocycles. The summed E-state index contributed by atoms with van der Waals surface area (Å²) in [6, 6.07) is 0. The van der Waals surface area contributed by atoms with Crippen LogP contribution in [0, 0.1) is 20.8 Å². The van der Waals surface area contributed by atoms with Crippen molar-refractivity contribution in [3.05, 3.63) is 46.6 Å². The van der Waals surface area contributed by atoms with Crippen LogP contribution < -0.4 is 0 Å². The summed E-state index contributed by atoms with van der Waals surface area (Å²) in [5.41, 5.74) is 4.77. The first-order valence-electron chi connectivity index (χ1n) is 8.88. The highest BCUT2D eigenvalue weighted by Gasteiger charge is 2.26. The van der Waals surface area contributed by atoms with Crippen molar-refractivity contribution in [3.63, 3.8) is 0 Å². The number of nitrogens with zero attached hydrogens (tertiary/aromatic N) is 9. The van der Waals surface area contributed by atoms with Gasteiger partial charge in [-0.1, -0.05) is 10.4 Å². The minimum atomic E-state index is -0.0875. The molecule has 10 nitrogen and oxygen atoms in total. The highest BCUT2D eigenvalue weighted by molar-refractivity contribution is 5.93. The molecule has 0 saturated heterocycles. The van der Waals surface area contributed by atoms with Crippen LogP contribution in [0.3, 0.4) is 0 Å². The Hall–Kier alpha value is -3.17. The highest BCUT2D eigenvalue weighted by Crippen LogP contribution is 2.19. The smallest absolute Gasteiger partial charge is 0.273 e. The van der Waals surface area contributed by atoms with Crippen LogP contribution in [0.5, 0.6) is 0 Å². The van der Waals surface area contributed by atoms with Crippen molar-refractivity contribution in [1.29, 1.82) is 0 Å². The van der Waals surface area contributed by atoms with E-state index in [9.17, 15) is 4.79 Å². The largest absolute Gasteiger partial charge is 0.331 e. The maximum absolute atomic E-state index is 13.1. The third kappa shape index (κ3) is 3.18. The Morgan fingerprint density at radius 2 is 2.00 bits per heavy atom. The van der Waals surface area contributed by atoms with Gasteiger partial charge in [0.1, 0.15) is 17.7 Å². The summed E-state index contributed by atoms with van der Waals surface area (Å²) in [6.45, 7) is 8.00. The molecule has 140 valence electrons. The molecule has 0 aromatic carbocycles. The van der Waals surface area contributed by atoms with Crippen LogP contribution in [0.15, 0.2) is 12.5 Å². The Morgan fingerprint density at radius 3 is 2.78 bits per heavy atom. The van der Waals surface area contributed by atoms with E-state index in [0.717, 1.165) is 41.3 Å². The van der Waals surface area contributed by atoms with E-state index in [1.165, 1.54) is 6.33 Å². The molecular weight excluding hydrogens is 346 g/mol. The molecule has 0 bridgehead atoms. The van der Waals surface area contributed by atoms with Gasteiger partial charge in [-0.2, -0.15) is 0 Å². The number of carbonyl (C=O) groups excluding carboxylic acids is 1. The van der Waals surface area contributed by atoms with E-state index < -0.39 is 0 Å². The second kappa shape index (κ2) is 6.86. The van der Waals surface area contributed by atoms with Gasteiger partial charge in [0.05, 0.1) is 30.7 Å². The zero-order chi connectivity index (χ0) is 19.0. The van der Waals surface area contributed by atoms with Gasteiger partial charge in [0.15, 0.2) is 0 Å². The molecule has 1 aliphatic rings. The van der Waals surface area contributed by atoms with Gasteiger partial charge >= 0.3 is 0 Å². The van der Waals surface area contributed by atoms with E-state index in [1.807, 2.05) is 30.4 Å². The number of fused-ring (bicyclic) bond motifs is 1. The summed E-state index contributed by atoms with van der Waals surface area (Å²) in [7, 11) is 0. The number of rotatable bonds is 3. The van der Waals surface area contributed by atoms with Crippen LogP contribution in [-0.2, 0) is 19.6 Å². The molecule has 27 heavy (non-hydrogen) atoms. The number of amides is 1. The standard InChI is InChI=1S/C17H21N9O/c1-11-7-20-22-26(11)8-14-15-9-24(5-4-6-25(15)23-21-14)17(27)16-12(2)13(3)18-10-19-16/h7,10H,4-6,8-9H2,1-3H3. The molecule has 0 saturated carbocycles. The lowest BCUT2D eigenvalue weighted by molar-refractivity contribution is 0.0738. The molecule has 0 unspecified atom stereocenters. The second-order valence-corrected chi connectivity index (χ2v) is 6.75. The molecule has 0 atom stereocenters. The molecule has 3 aromatic heterocycles. The predicted octanol–water partition coefficient (Wildman–Crippen LogP) is 0.679. The average Bonchev–Trinajstić information content (AvgIpc) is 3.16. The fourth-order valence-electron chi connectivity index (χ4n) is 3.20. The third-order valence-corrected chi connectivity index (χ3v) is 4.99. The van der Waals surface area contributed by atoms with E-state index in [4.69, 9.17) is 0 Å². The Morgan fingerprint density at radius 1 is 1.15 bits per heavy atom. The Kier molecular flexibility index (Phi) is 4.38. The summed E-state index contributed by atoms with van der Waals surface area (Å²) in [5.74, 6) is -0.0875. The van der Waals surface area contributed by atoms with E-state index in [1.54, 1.807) is 10.9 Å². The normalized spacial score (nSPS) is 14.1. The van der Waals surface area contributed by atoms with Crippen LogP contribution in [0.1, 0.15) is 45.2 Å². The van der Waals surface area contributed by atoms with Crippen molar-refractivity contribution in [2.75, 3.05) is 6.54 Å². The fraction of sp³-hybridized carbons (Fsp3) is 0.471. The SMILES string of the molecule is Cc1ncnc(C(=O)N2CCCn3nnc(Cn4nncc4C)c3C2)c1C. The molecule has 0 spiro atoms. The van der Waals surface area contributed by atoms with Crippen LogP contribution in [0.25, 0.3) is 0 Å². The van der Waals surface area contributed by atoms with Crippen molar-refractivity contribution >= 4 is 5.91 Å². The van der Waals surface area contributed by atoms with Gasteiger partial charge in [0.25, 0.3) is 5.91 Å². The van der Waals surface area contributed by atoms with Crippen molar-refractivity contribution < 1.29 is 4.79 Å². The lowest BCUT2D eigenvalue weighted by Gasteiger charge is -2.21. The third-order valence-electron chi connectivity index (χ3n) is 4.99. The fourth-order valence-corrected chi connectivity index (χ4v) is 3.20. The van der Waals surface area contributed by atoms with Crippen LogP contribution in [-0.4, -0.2) is 57.3 Å². The summed E-state index contributed by atoms with van der Waals surface area (Å²) in [4.78, 5) is 23.3. The first-order chi connectivity index (χ1) is 13.0. The van der Waals surface area contributed by atoms with Gasteiger partial charge in [0, 0.05) is 24.3 Å². The monoisotopic (exact) mass is 367 g/mol. The Labute approximate surface area is 156 Å². The van der Waals surface area contributed by atoms with E-state index >= 15 is 0 Å². The number of carbonyl (C=O) groups is 1. The number of hydrogen-bond acceptors (Lipinski definition) is 7. The van der Waals surface area contributed by atoms with Crippen molar-refractivity contribution in [2.24, 2.45) is 0 Å². The number of aryl methyl sites for hydroxylation is 3. The van der Waals surface area contributed by atoms with Gasteiger partial charge in [-0.25, -0.2) is 19.3 Å². The minimum absolute atomic E-state index is 0.0875. The summed E-state index contributed by atoms with van der Waals surface area (Å²) >= 11 is 0. The molecule has 0 N–H and O–H groups in total. The molecule has 4 rings (SSSR count). The van der Waals surface area contributed by atoms with Crippen LogP contribution >= 0.6 is 0 Å². The van der Waals surface area contributed by atoms with Gasteiger partial charge in [-0.05, 0) is 27.2 Å². The molecule has 3 aromatic rings. The molecule has 0 radical (unpaired) electrons. The average molecular weight is 367 g/mol. The molecule has 4 heterocycles. The Bertz CT molecular complexity index is 990. The van der Waals surface area contributed by atoms with Gasteiger partial charge in [0.2, 0.25) is 0 Å². The Balaban J connectivity index is 1.62. The number of hydrogen-bond donors (Lipinski definition) is 0. The predicted molar refractivity (Wildman–Crippen MR) is 94.7 cm³/mol. The van der Waals surface area contributed by atoms with Crippen molar-refractivity contribution in [1.82, 2.24) is 44.9 Å². The zero-order valence-electron chi connectivity index (χ0n) is 15.6. The van der Waals surface area contributed by atoms with E-state index in [-0.39, 0.29) is 5.91 Å². The highest BCUT2D eigenvalue weighted by atomic mass is 16.2. The molecule has 10 heteroatoms. The first kappa shape index (κ1) is 17.3. The lowest BCUT2D eigenvalue weighted by Crippen LogP contribution is -2.32. The summed E-state index contributed by atoms with van der Waals surface area (Å²) in [6.07, 6.45) is 3.96. The van der Waals surface area contributed by atoms with Crippen molar-refractivity contribution in [3.8, 4) is 0 Å². The van der Waals surface area contributed by atoms with Crippen molar-refractivity contribution in [2.45, 2.75) is 46.8 Å².